The van der Waals surface area contributed by atoms with E-state index in [4.69, 9.17) is 20.8 Å². The van der Waals surface area contributed by atoms with Crippen molar-refractivity contribution < 1.29 is 9.15 Å². The average Bonchev–Trinajstić information content (AvgIpc) is 2.82. The Morgan fingerprint density at radius 3 is 2.83 bits per heavy atom. The summed E-state index contributed by atoms with van der Waals surface area (Å²) >= 11 is 6.10. The SMILES string of the molecule is CCCNC(CC1CCOCC1)c1ccoc1Cl. The van der Waals surface area contributed by atoms with Gasteiger partial charge in [0.05, 0.1) is 6.26 Å². The van der Waals surface area contributed by atoms with Crippen molar-refractivity contribution in [3.8, 4) is 0 Å². The monoisotopic (exact) mass is 271 g/mol. The van der Waals surface area contributed by atoms with Gasteiger partial charge in [0.2, 0.25) is 0 Å². The highest BCUT2D eigenvalue weighted by Gasteiger charge is 2.22. The first-order chi connectivity index (χ1) is 8.81. The van der Waals surface area contributed by atoms with Crippen LogP contribution in [-0.4, -0.2) is 19.8 Å². The molecule has 1 fully saturated rings. The van der Waals surface area contributed by atoms with Gasteiger partial charge in [-0.2, -0.15) is 0 Å². The van der Waals surface area contributed by atoms with Gasteiger partial charge in [-0.05, 0) is 55.8 Å². The summed E-state index contributed by atoms with van der Waals surface area (Å²) in [5, 5.41) is 4.10. The molecular formula is C14H22ClNO2. The molecule has 4 heteroatoms. The minimum absolute atomic E-state index is 0.305. The largest absolute Gasteiger partial charge is 0.453 e. The Labute approximate surface area is 114 Å². The van der Waals surface area contributed by atoms with Gasteiger partial charge in [0.25, 0.3) is 0 Å². The van der Waals surface area contributed by atoms with Crippen molar-refractivity contribution >= 4 is 11.6 Å². The van der Waals surface area contributed by atoms with Crippen LogP contribution in [0.5, 0.6) is 0 Å². The summed E-state index contributed by atoms with van der Waals surface area (Å²) in [7, 11) is 0. The zero-order valence-corrected chi connectivity index (χ0v) is 11.7. The molecule has 1 N–H and O–H groups in total. The van der Waals surface area contributed by atoms with Gasteiger partial charge in [-0.1, -0.05) is 6.92 Å². The van der Waals surface area contributed by atoms with Crippen LogP contribution < -0.4 is 5.32 Å². The molecule has 1 aromatic heterocycles. The van der Waals surface area contributed by atoms with Crippen molar-refractivity contribution in [2.45, 2.75) is 38.6 Å². The van der Waals surface area contributed by atoms with Crippen molar-refractivity contribution in [1.82, 2.24) is 5.32 Å². The van der Waals surface area contributed by atoms with E-state index in [2.05, 4.69) is 12.2 Å². The minimum atomic E-state index is 0.305. The fourth-order valence-corrected chi connectivity index (χ4v) is 2.75. The average molecular weight is 272 g/mol. The van der Waals surface area contributed by atoms with E-state index >= 15 is 0 Å². The molecule has 1 atom stereocenters. The normalized spacial score (nSPS) is 19.0. The number of halogens is 1. The predicted octanol–water partition coefficient (Wildman–Crippen LogP) is 3.79. The molecule has 2 rings (SSSR count). The van der Waals surface area contributed by atoms with Crippen LogP contribution in [-0.2, 0) is 4.74 Å². The molecule has 1 saturated heterocycles. The highest BCUT2D eigenvalue weighted by Crippen LogP contribution is 2.31. The summed E-state index contributed by atoms with van der Waals surface area (Å²) in [6, 6.07) is 2.29. The molecule has 0 amide bonds. The first-order valence-corrected chi connectivity index (χ1v) is 7.23. The van der Waals surface area contributed by atoms with E-state index in [0.717, 1.165) is 56.9 Å². The van der Waals surface area contributed by atoms with Gasteiger partial charge < -0.3 is 14.5 Å². The molecule has 102 valence electrons. The third-order valence-electron chi connectivity index (χ3n) is 3.57. The maximum atomic E-state index is 6.10. The molecule has 0 radical (unpaired) electrons. The van der Waals surface area contributed by atoms with Crippen LogP contribution in [0.15, 0.2) is 16.7 Å². The topological polar surface area (TPSA) is 34.4 Å². The van der Waals surface area contributed by atoms with Gasteiger partial charge in [-0.15, -0.1) is 0 Å². The first-order valence-electron chi connectivity index (χ1n) is 6.85. The van der Waals surface area contributed by atoms with E-state index in [0.29, 0.717) is 11.3 Å². The summed E-state index contributed by atoms with van der Waals surface area (Å²) in [6.45, 7) is 4.97. The standard InChI is InChI=1S/C14H22ClNO2/c1-2-6-16-13(12-5-9-18-14(12)15)10-11-3-7-17-8-4-11/h5,9,11,13,16H,2-4,6-8,10H2,1H3. The van der Waals surface area contributed by atoms with E-state index in [1.54, 1.807) is 6.26 Å². The van der Waals surface area contributed by atoms with Crippen LogP contribution >= 0.6 is 11.6 Å². The van der Waals surface area contributed by atoms with E-state index in [9.17, 15) is 0 Å². The fourth-order valence-electron chi connectivity index (χ4n) is 2.51. The Morgan fingerprint density at radius 1 is 1.44 bits per heavy atom. The Morgan fingerprint density at radius 2 is 2.22 bits per heavy atom. The van der Waals surface area contributed by atoms with Gasteiger partial charge in [-0.3, -0.25) is 0 Å². The van der Waals surface area contributed by atoms with Gasteiger partial charge in [-0.25, -0.2) is 0 Å². The third-order valence-corrected chi connectivity index (χ3v) is 3.88. The maximum Gasteiger partial charge on any atom is 0.197 e. The van der Waals surface area contributed by atoms with Crippen LogP contribution in [0.2, 0.25) is 5.22 Å². The van der Waals surface area contributed by atoms with Crippen LogP contribution in [0.3, 0.4) is 0 Å². The zero-order chi connectivity index (χ0) is 12.8. The molecule has 1 unspecified atom stereocenters. The molecule has 1 aromatic rings. The van der Waals surface area contributed by atoms with Crippen LogP contribution in [0.4, 0.5) is 0 Å². The number of hydrogen-bond donors (Lipinski definition) is 1. The summed E-state index contributed by atoms with van der Waals surface area (Å²) in [5.41, 5.74) is 1.09. The van der Waals surface area contributed by atoms with Crippen molar-refractivity contribution in [2.24, 2.45) is 5.92 Å². The molecule has 1 aliphatic rings. The lowest BCUT2D eigenvalue weighted by Gasteiger charge is -2.27. The number of hydrogen-bond acceptors (Lipinski definition) is 3. The quantitative estimate of drug-likeness (QED) is 0.855. The van der Waals surface area contributed by atoms with Crippen LogP contribution in [0.25, 0.3) is 0 Å². The lowest BCUT2D eigenvalue weighted by molar-refractivity contribution is 0.0605. The minimum Gasteiger partial charge on any atom is -0.453 e. The van der Waals surface area contributed by atoms with Gasteiger partial charge in [0.15, 0.2) is 5.22 Å². The Hall–Kier alpha value is -0.510. The van der Waals surface area contributed by atoms with Gasteiger partial charge >= 0.3 is 0 Å². The van der Waals surface area contributed by atoms with E-state index in [1.807, 2.05) is 6.07 Å². The Bertz CT molecular complexity index is 347. The van der Waals surface area contributed by atoms with E-state index < -0.39 is 0 Å². The summed E-state index contributed by atoms with van der Waals surface area (Å²) in [5.74, 6) is 0.721. The number of nitrogens with one attached hydrogen (secondary N) is 1. The zero-order valence-electron chi connectivity index (χ0n) is 11.0. The molecular weight excluding hydrogens is 250 g/mol. The van der Waals surface area contributed by atoms with E-state index in [1.165, 1.54) is 0 Å². The van der Waals surface area contributed by atoms with Crippen molar-refractivity contribution in [1.29, 1.82) is 0 Å². The molecule has 3 nitrogen and oxygen atoms in total. The predicted molar refractivity (Wildman–Crippen MR) is 72.9 cm³/mol. The lowest BCUT2D eigenvalue weighted by atomic mass is 9.90. The second-order valence-electron chi connectivity index (χ2n) is 4.95. The number of ether oxygens (including phenoxy) is 1. The molecule has 18 heavy (non-hydrogen) atoms. The van der Waals surface area contributed by atoms with Gasteiger partial charge in [0.1, 0.15) is 0 Å². The Kier molecular flexibility index (Phi) is 5.54. The molecule has 0 bridgehead atoms. The summed E-state index contributed by atoms with van der Waals surface area (Å²) in [6.07, 6.45) is 6.21. The molecule has 0 aliphatic carbocycles. The highest BCUT2D eigenvalue weighted by molar-refractivity contribution is 6.29. The van der Waals surface area contributed by atoms with Crippen molar-refractivity contribution in [3.05, 3.63) is 23.1 Å². The second-order valence-corrected chi connectivity index (χ2v) is 5.29. The summed E-state index contributed by atoms with van der Waals surface area (Å²) in [4.78, 5) is 0. The Balaban J connectivity index is 1.98. The van der Waals surface area contributed by atoms with Crippen LogP contribution in [0.1, 0.15) is 44.2 Å². The van der Waals surface area contributed by atoms with Crippen molar-refractivity contribution in [2.75, 3.05) is 19.8 Å². The maximum absolute atomic E-state index is 6.10. The highest BCUT2D eigenvalue weighted by atomic mass is 35.5. The number of rotatable bonds is 6. The second kappa shape index (κ2) is 7.17. The smallest absolute Gasteiger partial charge is 0.197 e. The van der Waals surface area contributed by atoms with Crippen molar-refractivity contribution in [3.63, 3.8) is 0 Å². The summed E-state index contributed by atoms with van der Waals surface area (Å²) < 4.78 is 10.6. The molecule has 0 spiro atoms. The number of furan rings is 1. The van der Waals surface area contributed by atoms with Gasteiger partial charge in [0, 0.05) is 24.8 Å². The molecule has 2 heterocycles. The molecule has 0 aromatic carbocycles. The first kappa shape index (κ1) is 13.9. The molecule has 0 saturated carbocycles. The fraction of sp³-hybridized carbons (Fsp3) is 0.714. The molecule has 1 aliphatic heterocycles. The van der Waals surface area contributed by atoms with Crippen LogP contribution in [0, 0.1) is 5.92 Å². The lowest BCUT2D eigenvalue weighted by Crippen LogP contribution is -2.26. The van der Waals surface area contributed by atoms with E-state index in [-0.39, 0.29) is 0 Å². The third kappa shape index (κ3) is 3.74.